The van der Waals surface area contributed by atoms with E-state index < -0.39 is 6.09 Å². The van der Waals surface area contributed by atoms with Crippen molar-refractivity contribution in [1.82, 2.24) is 4.90 Å². The van der Waals surface area contributed by atoms with Crippen LogP contribution in [0.5, 0.6) is 0 Å². The molecule has 1 atom stereocenters. The second-order valence-electron chi connectivity index (χ2n) is 6.10. The highest BCUT2D eigenvalue weighted by Gasteiger charge is 2.36. The number of nitrogens with one attached hydrogen (secondary N) is 1. The van der Waals surface area contributed by atoms with Gasteiger partial charge in [0.25, 0.3) is 5.91 Å². The van der Waals surface area contributed by atoms with Gasteiger partial charge in [-0.3, -0.25) is 10.1 Å². The first kappa shape index (κ1) is 17.7. The van der Waals surface area contributed by atoms with E-state index in [1.54, 1.807) is 31.2 Å². The zero-order valence-corrected chi connectivity index (χ0v) is 14.4. The van der Waals surface area contributed by atoms with Gasteiger partial charge in [-0.1, -0.05) is 6.07 Å². The van der Waals surface area contributed by atoms with E-state index in [-0.39, 0.29) is 18.2 Å². The average molecular weight is 348 g/mol. The third-order valence-corrected chi connectivity index (χ3v) is 4.40. The van der Waals surface area contributed by atoms with Gasteiger partial charge in [-0.05, 0) is 44.4 Å². The van der Waals surface area contributed by atoms with E-state index in [0.29, 0.717) is 37.6 Å². The number of anilines is 1. The molecule has 0 bridgehead atoms. The van der Waals surface area contributed by atoms with E-state index >= 15 is 0 Å². The summed E-state index contributed by atoms with van der Waals surface area (Å²) in [6.07, 6.45) is 2.02. The molecule has 3 rings (SSSR count). The summed E-state index contributed by atoms with van der Waals surface area (Å²) in [6.45, 7) is 3.86. The highest BCUT2D eigenvalue weighted by atomic mass is 16.7. The van der Waals surface area contributed by atoms with Gasteiger partial charge in [0, 0.05) is 17.8 Å². The highest BCUT2D eigenvalue weighted by Crippen LogP contribution is 2.26. The summed E-state index contributed by atoms with van der Waals surface area (Å²) in [7, 11) is 0. The van der Waals surface area contributed by atoms with E-state index in [9.17, 15) is 9.59 Å². The van der Waals surface area contributed by atoms with Crippen molar-refractivity contribution in [2.75, 3.05) is 31.7 Å². The van der Waals surface area contributed by atoms with Crippen molar-refractivity contribution in [2.24, 2.45) is 0 Å². The summed E-state index contributed by atoms with van der Waals surface area (Å²) in [6, 6.07) is 6.83. The Morgan fingerprint density at radius 2 is 2.08 bits per heavy atom. The number of rotatable bonds is 4. The molecule has 25 heavy (non-hydrogen) atoms. The molecule has 0 unspecified atom stereocenters. The first-order valence-electron chi connectivity index (χ1n) is 8.77. The van der Waals surface area contributed by atoms with Crippen molar-refractivity contribution in [3.8, 4) is 0 Å². The van der Waals surface area contributed by atoms with Gasteiger partial charge in [0.2, 0.25) is 0 Å². The fourth-order valence-electron chi connectivity index (χ4n) is 3.27. The second kappa shape index (κ2) is 8.31. The highest BCUT2D eigenvalue weighted by molar-refractivity contribution is 5.96. The number of likely N-dealkylation sites (tertiary alicyclic amines) is 1. The molecule has 2 aliphatic heterocycles. The Morgan fingerprint density at radius 1 is 1.28 bits per heavy atom. The van der Waals surface area contributed by atoms with E-state index in [4.69, 9.17) is 14.2 Å². The summed E-state index contributed by atoms with van der Waals surface area (Å²) >= 11 is 0. The quantitative estimate of drug-likeness (QED) is 0.905. The predicted molar refractivity (Wildman–Crippen MR) is 91.5 cm³/mol. The minimum atomic E-state index is -0.532. The largest absolute Gasteiger partial charge is 0.450 e. The minimum Gasteiger partial charge on any atom is -0.450 e. The number of piperidine rings is 1. The van der Waals surface area contributed by atoms with E-state index in [1.165, 1.54) is 0 Å². The number of carbonyl (C=O) groups is 2. The van der Waals surface area contributed by atoms with Gasteiger partial charge in [-0.25, -0.2) is 4.79 Å². The Bertz CT molecular complexity index is 615. The first-order valence-corrected chi connectivity index (χ1v) is 8.77. The smallest absolute Gasteiger partial charge is 0.411 e. The number of nitrogens with zero attached hydrogens (tertiary/aromatic N) is 1. The molecule has 7 nitrogen and oxygen atoms in total. The Kier molecular flexibility index (Phi) is 5.88. The van der Waals surface area contributed by atoms with E-state index in [0.717, 1.165) is 19.3 Å². The summed E-state index contributed by atoms with van der Waals surface area (Å²) in [5.41, 5.74) is 1.06. The number of carbonyl (C=O) groups excluding carboxylic acids is 2. The Balaban J connectivity index is 1.73. The topological polar surface area (TPSA) is 77.1 Å². The molecular weight excluding hydrogens is 324 g/mol. The van der Waals surface area contributed by atoms with Crippen LogP contribution in [0.1, 0.15) is 36.5 Å². The monoisotopic (exact) mass is 348 g/mol. The molecule has 0 radical (unpaired) electrons. The normalized spacial score (nSPS) is 21.2. The number of benzene rings is 1. The molecule has 0 aromatic heterocycles. The molecular formula is C18H24N2O5. The van der Waals surface area contributed by atoms with Crippen LogP contribution in [0.15, 0.2) is 24.3 Å². The van der Waals surface area contributed by atoms with Gasteiger partial charge in [0.1, 0.15) is 0 Å². The van der Waals surface area contributed by atoms with Crippen LogP contribution >= 0.6 is 0 Å². The predicted octanol–water partition coefficient (Wildman–Crippen LogP) is 2.62. The van der Waals surface area contributed by atoms with Crippen LogP contribution < -0.4 is 5.32 Å². The van der Waals surface area contributed by atoms with Crippen LogP contribution in [-0.2, 0) is 14.2 Å². The second-order valence-corrected chi connectivity index (χ2v) is 6.10. The maximum atomic E-state index is 13.0. The summed E-state index contributed by atoms with van der Waals surface area (Å²) in [4.78, 5) is 26.4. The fourth-order valence-corrected chi connectivity index (χ4v) is 3.27. The van der Waals surface area contributed by atoms with Crippen LogP contribution in [0.3, 0.4) is 0 Å². The third-order valence-electron chi connectivity index (χ3n) is 4.40. The van der Waals surface area contributed by atoms with Gasteiger partial charge in [0.15, 0.2) is 6.29 Å². The molecule has 2 fully saturated rings. The number of hydrogen-bond acceptors (Lipinski definition) is 5. The zero-order chi connectivity index (χ0) is 17.6. The van der Waals surface area contributed by atoms with Crippen molar-refractivity contribution >= 4 is 17.7 Å². The summed E-state index contributed by atoms with van der Waals surface area (Å²) in [5.74, 6) is -0.0729. The van der Waals surface area contributed by atoms with E-state index in [1.807, 2.05) is 4.90 Å². The lowest BCUT2D eigenvalue weighted by Gasteiger charge is -2.38. The Hall–Kier alpha value is -2.12. The fraction of sp³-hybridized carbons (Fsp3) is 0.556. The molecule has 0 aliphatic carbocycles. The maximum absolute atomic E-state index is 13.0. The molecule has 2 saturated heterocycles. The zero-order valence-electron chi connectivity index (χ0n) is 14.4. The number of hydrogen-bond donors (Lipinski definition) is 1. The number of ether oxygens (including phenoxy) is 3. The SMILES string of the molecule is CCOC(=O)Nc1cccc(C(=O)N2CCCC[C@H]2C2OCCO2)c1. The third kappa shape index (κ3) is 4.29. The minimum absolute atomic E-state index is 0.0644. The molecule has 2 amide bonds. The van der Waals surface area contributed by atoms with Gasteiger partial charge in [-0.15, -0.1) is 0 Å². The van der Waals surface area contributed by atoms with Gasteiger partial charge < -0.3 is 19.1 Å². The summed E-state index contributed by atoms with van der Waals surface area (Å²) in [5, 5.41) is 2.63. The lowest BCUT2D eigenvalue weighted by atomic mass is 10.00. The van der Waals surface area contributed by atoms with Gasteiger partial charge >= 0.3 is 6.09 Å². The molecule has 1 N–H and O–H groups in total. The molecule has 2 aliphatic rings. The van der Waals surface area contributed by atoms with Crippen molar-refractivity contribution in [3.05, 3.63) is 29.8 Å². The lowest BCUT2D eigenvalue weighted by Crippen LogP contribution is -2.50. The van der Waals surface area contributed by atoms with Crippen LogP contribution in [-0.4, -0.2) is 55.6 Å². The molecule has 7 heteroatoms. The van der Waals surface area contributed by atoms with Crippen molar-refractivity contribution in [1.29, 1.82) is 0 Å². The molecule has 136 valence electrons. The number of amides is 2. The van der Waals surface area contributed by atoms with Crippen LogP contribution in [0, 0.1) is 0 Å². The molecule has 0 saturated carbocycles. The molecule has 1 aromatic carbocycles. The molecule has 1 aromatic rings. The average Bonchev–Trinajstić information content (AvgIpc) is 3.16. The molecule has 0 spiro atoms. The lowest BCUT2D eigenvalue weighted by molar-refractivity contribution is -0.100. The van der Waals surface area contributed by atoms with Crippen molar-refractivity contribution in [2.45, 2.75) is 38.5 Å². The maximum Gasteiger partial charge on any atom is 0.411 e. The summed E-state index contributed by atoms with van der Waals surface area (Å²) < 4.78 is 16.1. The van der Waals surface area contributed by atoms with Crippen LogP contribution in [0.25, 0.3) is 0 Å². The van der Waals surface area contributed by atoms with E-state index in [2.05, 4.69) is 5.32 Å². The van der Waals surface area contributed by atoms with Gasteiger partial charge in [-0.2, -0.15) is 0 Å². The van der Waals surface area contributed by atoms with Crippen molar-refractivity contribution in [3.63, 3.8) is 0 Å². The van der Waals surface area contributed by atoms with Crippen LogP contribution in [0.4, 0.5) is 10.5 Å². The first-order chi connectivity index (χ1) is 12.2. The standard InChI is InChI=1S/C18H24N2O5/c1-2-23-18(22)19-14-7-5-6-13(12-14)16(21)20-9-4-3-8-15(20)17-24-10-11-25-17/h5-7,12,15,17H,2-4,8-11H2,1H3,(H,19,22)/t15-/m0/s1. The molecule has 2 heterocycles. The van der Waals surface area contributed by atoms with Gasteiger partial charge in [0.05, 0.1) is 25.9 Å². The Labute approximate surface area is 147 Å². The van der Waals surface area contributed by atoms with Crippen molar-refractivity contribution < 1.29 is 23.8 Å². The van der Waals surface area contributed by atoms with Crippen LogP contribution in [0.2, 0.25) is 0 Å². The Morgan fingerprint density at radius 3 is 2.84 bits per heavy atom.